The highest BCUT2D eigenvalue weighted by atomic mass is 32.1. The van der Waals surface area contributed by atoms with Gasteiger partial charge in [0.25, 0.3) is 0 Å². The number of hydrogen-bond donors (Lipinski definition) is 1. The van der Waals surface area contributed by atoms with Crippen LogP contribution >= 0.6 is 11.3 Å². The average molecular weight is 277 g/mol. The Labute approximate surface area is 121 Å². The molecule has 0 aromatic carbocycles. The van der Waals surface area contributed by atoms with Crippen molar-refractivity contribution in [1.82, 2.24) is 5.32 Å². The first-order valence-corrected chi connectivity index (χ1v) is 8.78. The summed E-state index contributed by atoms with van der Waals surface area (Å²) in [6.45, 7) is 5.53. The zero-order valence-electron chi connectivity index (χ0n) is 12.4. The molecule has 1 spiro atoms. The first-order chi connectivity index (χ1) is 9.17. The largest absolute Gasteiger partial charge is 0.309 e. The molecule has 0 aliphatic heterocycles. The minimum Gasteiger partial charge on any atom is -0.309 e. The molecular formula is C17H27NS. The van der Waals surface area contributed by atoms with Crippen LogP contribution in [0.3, 0.4) is 0 Å². The van der Waals surface area contributed by atoms with Crippen molar-refractivity contribution >= 4 is 11.3 Å². The smallest absolute Gasteiger partial charge is 0.0302 e. The van der Waals surface area contributed by atoms with E-state index in [1.54, 1.807) is 0 Å². The van der Waals surface area contributed by atoms with E-state index in [1.165, 1.54) is 66.7 Å². The molecule has 106 valence electrons. The van der Waals surface area contributed by atoms with E-state index >= 15 is 0 Å². The maximum atomic E-state index is 3.80. The third-order valence-electron chi connectivity index (χ3n) is 5.49. The van der Waals surface area contributed by atoms with Gasteiger partial charge in [-0.1, -0.05) is 12.8 Å². The first-order valence-electron chi connectivity index (χ1n) is 7.96. The van der Waals surface area contributed by atoms with Gasteiger partial charge in [-0.3, -0.25) is 0 Å². The van der Waals surface area contributed by atoms with Crippen LogP contribution in [-0.2, 0) is 6.54 Å². The van der Waals surface area contributed by atoms with Gasteiger partial charge in [0.15, 0.2) is 0 Å². The summed E-state index contributed by atoms with van der Waals surface area (Å²) in [5.74, 6) is 0. The van der Waals surface area contributed by atoms with Crippen LogP contribution in [-0.4, -0.2) is 6.04 Å². The zero-order chi connectivity index (χ0) is 13.3. The number of nitrogens with one attached hydrogen (secondary N) is 1. The standard InChI is InChI=1S/C17H27NS/c1-13-11-16(19-14(13)2)12-18-15-5-9-17(10-6-15)7-3-4-8-17/h11,15,18H,3-10,12H2,1-2H3. The molecule has 1 N–H and O–H groups in total. The molecule has 19 heavy (non-hydrogen) atoms. The molecule has 0 unspecified atom stereocenters. The van der Waals surface area contributed by atoms with E-state index in [2.05, 4.69) is 25.2 Å². The summed E-state index contributed by atoms with van der Waals surface area (Å²) in [4.78, 5) is 2.99. The molecule has 1 aromatic heterocycles. The van der Waals surface area contributed by atoms with E-state index in [0.717, 1.165) is 18.0 Å². The van der Waals surface area contributed by atoms with Gasteiger partial charge in [0.1, 0.15) is 0 Å². The summed E-state index contributed by atoms with van der Waals surface area (Å²) in [6, 6.07) is 3.13. The lowest BCUT2D eigenvalue weighted by atomic mass is 9.71. The summed E-state index contributed by atoms with van der Waals surface area (Å²) in [7, 11) is 0. The van der Waals surface area contributed by atoms with Gasteiger partial charge in [-0.05, 0) is 69.4 Å². The van der Waals surface area contributed by atoms with E-state index in [1.807, 2.05) is 11.3 Å². The Morgan fingerprint density at radius 2 is 1.84 bits per heavy atom. The minimum atomic E-state index is 0.772. The summed E-state index contributed by atoms with van der Waals surface area (Å²) in [5.41, 5.74) is 2.23. The quantitative estimate of drug-likeness (QED) is 0.823. The second kappa shape index (κ2) is 5.57. The van der Waals surface area contributed by atoms with Gasteiger partial charge >= 0.3 is 0 Å². The second-order valence-electron chi connectivity index (χ2n) is 6.81. The van der Waals surface area contributed by atoms with E-state index in [9.17, 15) is 0 Å². The third kappa shape index (κ3) is 3.05. The maximum Gasteiger partial charge on any atom is 0.0302 e. The van der Waals surface area contributed by atoms with E-state index < -0.39 is 0 Å². The first kappa shape index (κ1) is 13.6. The Balaban J connectivity index is 1.47. The van der Waals surface area contributed by atoms with Crippen LogP contribution in [0.25, 0.3) is 0 Å². The molecule has 0 bridgehead atoms. The lowest BCUT2D eigenvalue weighted by Gasteiger charge is -2.37. The Morgan fingerprint density at radius 1 is 1.16 bits per heavy atom. The molecule has 0 saturated heterocycles. The fourth-order valence-corrected chi connectivity index (χ4v) is 5.05. The molecule has 2 fully saturated rings. The molecule has 2 saturated carbocycles. The zero-order valence-corrected chi connectivity index (χ0v) is 13.2. The average Bonchev–Trinajstić information content (AvgIpc) is 2.98. The Kier molecular flexibility index (Phi) is 4.00. The van der Waals surface area contributed by atoms with Crippen LogP contribution in [0.15, 0.2) is 6.07 Å². The van der Waals surface area contributed by atoms with Gasteiger partial charge in [-0.2, -0.15) is 0 Å². The van der Waals surface area contributed by atoms with Crippen molar-refractivity contribution < 1.29 is 0 Å². The lowest BCUT2D eigenvalue weighted by Crippen LogP contribution is -2.36. The molecule has 3 rings (SSSR count). The number of hydrogen-bond acceptors (Lipinski definition) is 2. The fraction of sp³-hybridized carbons (Fsp3) is 0.765. The SMILES string of the molecule is Cc1cc(CNC2CCC3(CCCC3)CC2)sc1C. The monoisotopic (exact) mass is 277 g/mol. The molecule has 0 amide bonds. The maximum absolute atomic E-state index is 3.80. The van der Waals surface area contributed by atoms with Crippen molar-refractivity contribution in [3.63, 3.8) is 0 Å². The van der Waals surface area contributed by atoms with Gasteiger partial charge in [-0.25, -0.2) is 0 Å². The van der Waals surface area contributed by atoms with Gasteiger partial charge in [-0.15, -0.1) is 11.3 Å². The highest BCUT2D eigenvalue weighted by molar-refractivity contribution is 7.12. The highest BCUT2D eigenvalue weighted by Gasteiger charge is 2.37. The van der Waals surface area contributed by atoms with Crippen LogP contribution in [0, 0.1) is 19.3 Å². The fourth-order valence-electron chi connectivity index (χ4n) is 4.04. The topological polar surface area (TPSA) is 12.0 Å². The summed E-state index contributed by atoms with van der Waals surface area (Å²) < 4.78 is 0. The van der Waals surface area contributed by atoms with Crippen LogP contribution in [0.5, 0.6) is 0 Å². The van der Waals surface area contributed by atoms with E-state index in [0.29, 0.717) is 0 Å². The molecule has 1 heterocycles. The second-order valence-corrected chi connectivity index (χ2v) is 8.16. The Bertz CT molecular complexity index is 399. The van der Waals surface area contributed by atoms with E-state index in [4.69, 9.17) is 0 Å². The molecule has 2 aliphatic rings. The van der Waals surface area contributed by atoms with Crippen molar-refractivity contribution in [3.05, 3.63) is 21.4 Å². The lowest BCUT2D eigenvalue weighted by molar-refractivity contribution is 0.168. The summed E-state index contributed by atoms with van der Waals surface area (Å²) in [6.07, 6.45) is 11.8. The predicted octanol–water partition coefficient (Wildman–Crippen LogP) is 4.96. The summed E-state index contributed by atoms with van der Waals surface area (Å²) >= 11 is 1.96. The summed E-state index contributed by atoms with van der Waals surface area (Å²) in [5, 5.41) is 3.80. The Hall–Kier alpha value is -0.340. The van der Waals surface area contributed by atoms with Gasteiger partial charge in [0, 0.05) is 22.3 Å². The van der Waals surface area contributed by atoms with Crippen molar-refractivity contribution in [2.24, 2.45) is 5.41 Å². The molecule has 0 radical (unpaired) electrons. The van der Waals surface area contributed by atoms with Crippen molar-refractivity contribution in [2.45, 2.75) is 77.8 Å². The number of thiophene rings is 1. The van der Waals surface area contributed by atoms with Crippen molar-refractivity contribution in [1.29, 1.82) is 0 Å². The minimum absolute atomic E-state index is 0.772. The Morgan fingerprint density at radius 3 is 2.42 bits per heavy atom. The van der Waals surface area contributed by atoms with Crippen LogP contribution < -0.4 is 5.32 Å². The number of aryl methyl sites for hydroxylation is 2. The molecular weight excluding hydrogens is 250 g/mol. The predicted molar refractivity (Wildman–Crippen MR) is 83.8 cm³/mol. The molecule has 2 heteroatoms. The van der Waals surface area contributed by atoms with Crippen LogP contribution in [0.4, 0.5) is 0 Å². The third-order valence-corrected chi connectivity index (χ3v) is 6.64. The van der Waals surface area contributed by atoms with E-state index in [-0.39, 0.29) is 0 Å². The molecule has 1 nitrogen and oxygen atoms in total. The van der Waals surface area contributed by atoms with Gasteiger partial charge in [0.05, 0.1) is 0 Å². The molecule has 1 aromatic rings. The molecule has 2 aliphatic carbocycles. The molecule has 0 atom stereocenters. The number of rotatable bonds is 3. The van der Waals surface area contributed by atoms with Crippen molar-refractivity contribution in [2.75, 3.05) is 0 Å². The van der Waals surface area contributed by atoms with Gasteiger partial charge in [0.2, 0.25) is 0 Å². The van der Waals surface area contributed by atoms with Crippen LogP contribution in [0.2, 0.25) is 0 Å². The van der Waals surface area contributed by atoms with Gasteiger partial charge < -0.3 is 5.32 Å². The highest BCUT2D eigenvalue weighted by Crippen LogP contribution is 2.48. The normalized spacial score (nSPS) is 23.3. The van der Waals surface area contributed by atoms with Crippen molar-refractivity contribution in [3.8, 4) is 0 Å². The van der Waals surface area contributed by atoms with Crippen LogP contribution in [0.1, 0.15) is 66.7 Å².